The first kappa shape index (κ1) is 20.1. The Bertz CT molecular complexity index is 787. The number of rotatable bonds is 8. The lowest BCUT2D eigenvalue weighted by molar-refractivity contribution is -0.123. The molecule has 0 radical (unpaired) electrons. The third kappa shape index (κ3) is 5.66. The van der Waals surface area contributed by atoms with Crippen molar-refractivity contribution in [3.63, 3.8) is 0 Å². The van der Waals surface area contributed by atoms with E-state index in [-0.39, 0.29) is 17.5 Å². The Balaban J connectivity index is 1.89. The second kappa shape index (κ2) is 8.44. The summed E-state index contributed by atoms with van der Waals surface area (Å²) in [6, 6.07) is 6.06. The van der Waals surface area contributed by atoms with Gasteiger partial charge in [0.15, 0.2) is 11.0 Å². The summed E-state index contributed by atoms with van der Waals surface area (Å²) in [5, 5.41) is 11.8. The maximum atomic E-state index is 13.0. The Kier molecular flexibility index (Phi) is 6.52. The smallest absolute Gasteiger partial charge is 0.221 e. The molecule has 140 valence electrons. The summed E-state index contributed by atoms with van der Waals surface area (Å²) in [5.41, 5.74) is 0.227. The highest BCUT2D eigenvalue weighted by Crippen LogP contribution is 2.23. The van der Waals surface area contributed by atoms with E-state index in [1.54, 1.807) is 12.1 Å². The Morgan fingerprint density at radius 1 is 1.23 bits per heavy atom. The van der Waals surface area contributed by atoms with Crippen LogP contribution in [-0.4, -0.2) is 37.7 Å². The van der Waals surface area contributed by atoms with Gasteiger partial charge in [0.2, 0.25) is 5.91 Å². The topological polar surface area (TPSA) is 76.9 Å². The molecule has 1 aromatic heterocycles. The SMILES string of the molecule is CC(=O)CC(C)(C)NC(=O)CCSc1nnc(-c2ccc(F)cc2)n1C. The van der Waals surface area contributed by atoms with Crippen LogP contribution in [0.4, 0.5) is 4.39 Å². The van der Waals surface area contributed by atoms with Crippen LogP contribution >= 0.6 is 11.8 Å². The molecule has 1 amide bonds. The third-order valence-electron chi connectivity index (χ3n) is 3.67. The van der Waals surface area contributed by atoms with Gasteiger partial charge in [0.1, 0.15) is 11.6 Å². The van der Waals surface area contributed by atoms with E-state index >= 15 is 0 Å². The number of hydrogen-bond acceptors (Lipinski definition) is 5. The highest BCUT2D eigenvalue weighted by atomic mass is 32.2. The van der Waals surface area contributed by atoms with Gasteiger partial charge in [-0.1, -0.05) is 11.8 Å². The quantitative estimate of drug-likeness (QED) is 0.715. The van der Waals surface area contributed by atoms with Gasteiger partial charge in [-0.05, 0) is 45.0 Å². The Morgan fingerprint density at radius 3 is 2.50 bits per heavy atom. The summed E-state index contributed by atoms with van der Waals surface area (Å²) >= 11 is 1.42. The summed E-state index contributed by atoms with van der Waals surface area (Å²) in [6.45, 7) is 5.17. The van der Waals surface area contributed by atoms with Crippen molar-refractivity contribution in [1.29, 1.82) is 0 Å². The number of benzene rings is 1. The molecule has 1 N–H and O–H groups in total. The molecule has 0 spiro atoms. The second-order valence-electron chi connectivity index (χ2n) is 6.78. The molecule has 0 saturated heterocycles. The van der Waals surface area contributed by atoms with E-state index in [0.29, 0.717) is 29.6 Å². The third-order valence-corrected chi connectivity index (χ3v) is 4.69. The predicted octanol–water partition coefficient (Wildman–Crippen LogP) is 2.98. The van der Waals surface area contributed by atoms with Crippen LogP contribution in [0.1, 0.15) is 33.6 Å². The monoisotopic (exact) mass is 378 g/mol. The summed E-state index contributed by atoms with van der Waals surface area (Å²) in [5.74, 6) is 0.808. The zero-order valence-corrected chi connectivity index (χ0v) is 16.2. The molecule has 0 aliphatic heterocycles. The van der Waals surface area contributed by atoms with E-state index in [9.17, 15) is 14.0 Å². The number of carbonyl (C=O) groups is 2. The normalized spacial score (nSPS) is 11.4. The highest BCUT2D eigenvalue weighted by molar-refractivity contribution is 7.99. The average molecular weight is 378 g/mol. The van der Waals surface area contributed by atoms with Gasteiger partial charge in [-0.25, -0.2) is 4.39 Å². The van der Waals surface area contributed by atoms with Gasteiger partial charge in [-0.15, -0.1) is 10.2 Å². The van der Waals surface area contributed by atoms with Gasteiger partial charge in [-0.2, -0.15) is 0 Å². The van der Waals surface area contributed by atoms with Crippen molar-refractivity contribution in [3.05, 3.63) is 30.1 Å². The number of Topliss-reactive ketones (excluding diaryl/α,β-unsaturated/α-hetero) is 1. The van der Waals surface area contributed by atoms with Crippen molar-refractivity contribution in [3.8, 4) is 11.4 Å². The minimum absolute atomic E-state index is 0.0390. The number of halogens is 1. The van der Waals surface area contributed by atoms with Crippen LogP contribution < -0.4 is 5.32 Å². The fraction of sp³-hybridized carbons (Fsp3) is 0.444. The van der Waals surface area contributed by atoms with E-state index in [4.69, 9.17) is 0 Å². The first-order valence-electron chi connectivity index (χ1n) is 8.26. The Hall–Kier alpha value is -2.22. The molecule has 1 aromatic carbocycles. The molecular weight excluding hydrogens is 355 g/mol. The van der Waals surface area contributed by atoms with Gasteiger partial charge < -0.3 is 9.88 Å². The molecule has 2 aromatic rings. The van der Waals surface area contributed by atoms with Crippen molar-refractivity contribution in [1.82, 2.24) is 20.1 Å². The summed E-state index contributed by atoms with van der Waals surface area (Å²) in [6.07, 6.45) is 0.612. The lowest BCUT2D eigenvalue weighted by atomic mass is 9.98. The van der Waals surface area contributed by atoms with E-state index in [2.05, 4.69) is 15.5 Å². The van der Waals surface area contributed by atoms with Crippen LogP contribution in [0.25, 0.3) is 11.4 Å². The molecule has 0 unspecified atom stereocenters. The number of amides is 1. The molecule has 8 heteroatoms. The van der Waals surface area contributed by atoms with E-state index in [0.717, 1.165) is 5.56 Å². The molecule has 1 heterocycles. The standard InChI is InChI=1S/C18H23FN4O2S/c1-12(24)11-18(2,3)20-15(25)9-10-26-17-22-21-16(23(17)4)13-5-7-14(19)8-6-13/h5-8H,9-11H2,1-4H3,(H,20,25). The molecule has 0 aliphatic carbocycles. The lowest BCUT2D eigenvalue weighted by Crippen LogP contribution is -2.44. The van der Waals surface area contributed by atoms with Crippen molar-refractivity contribution in [2.75, 3.05) is 5.75 Å². The van der Waals surface area contributed by atoms with Gasteiger partial charge in [-0.3, -0.25) is 9.59 Å². The van der Waals surface area contributed by atoms with Crippen LogP contribution in [0, 0.1) is 5.82 Å². The van der Waals surface area contributed by atoms with E-state index in [1.165, 1.54) is 30.8 Å². The Morgan fingerprint density at radius 2 is 1.88 bits per heavy atom. The number of carbonyl (C=O) groups excluding carboxylic acids is 2. The van der Waals surface area contributed by atoms with Crippen LogP contribution in [-0.2, 0) is 16.6 Å². The number of ketones is 1. The predicted molar refractivity (Wildman–Crippen MR) is 99.3 cm³/mol. The van der Waals surface area contributed by atoms with Crippen molar-refractivity contribution in [2.45, 2.75) is 44.3 Å². The van der Waals surface area contributed by atoms with Gasteiger partial charge in [0.25, 0.3) is 0 Å². The summed E-state index contributed by atoms with van der Waals surface area (Å²) in [4.78, 5) is 23.3. The summed E-state index contributed by atoms with van der Waals surface area (Å²) in [7, 11) is 1.83. The second-order valence-corrected chi connectivity index (χ2v) is 7.84. The zero-order chi connectivity index (χ0) is 19.3. The lowest BCUT2D eigenvalue weighted by Gasteiger charge is -2.24. The molecule has 6 nitrogen and oxygen atoms in total. The van der Waals surface area contributed by atoms with Gasteiger partial charge >= 0.3 is 0 Å². The first-order chi connectivity index (χ1) is 12.2. The first-order valence-corrected chi connectivity index (χ1v) is 9.25. The molecule has 0 saturated carbocycles. The maximum Gasteiger partial charge on any atom is 0.221 e. The maximum absolute atomic E-state index is 13.0. The fourth-order valence-corrected chi connectivity index (χ4v) is 3.48. The van der Waals surface area contributed by atoms with Crippen molar-refractivity contribution >= 4 is 23.5 Å². The van der Waals surface area contributed by atoms with Crippen LogP contribution in [0.2, 0.25) is 0 Å². The fourth-order valence-electron chi connectivity index (χ4n) is 2.63. The minimum atomic E-state index is -0.548. The molecule has 26 heavy (non-hydrogen) atoms. The van der Waals surface area contributed by atoms with Crippen molar-refractivity contribution < 1.29 is 14.0 Å². The molecule has 0 aliphatic rings. The summed E-state index contributed by atoms with van der Waals surface area (Å²) < 4.78 is 14.8. The van der Waals surface area contributed by atoms with Crippen LogP contribution in [0.15, 0.2) is 29.4 Å². The highest BCUT2D eigenvalue weighted by Gasteiger charge is 2.22. The van der Waals surface area contributed by atoms with Crippen molar-refractivity contribution in [2.24, 2.45) is 7.05 Å². The number of hydrogen-bond donors (Lipinski definition) is 1. The van der Waals surface area contributed by atoms with Crippen LogP contribution in [0.5, 0.6) is 0 Å². The number of aromatic nitrogens is 3. The Labute approximate surface area is 156 Å². The largest absolute Gasteiger partial charge is 0.351 e. The number of thioether (sulfide) groups is 1. The number of nitrogens with zero attached hydrogens (tertiary/aromatic N) is 3. The van der Waals surface area contributed by atoms with Gasteiger partial charge in [0, 0.05) is 36.7 Å². The zero-order valence-electron chi connectivity index (χ0n) is 15.4. The minimum Gasteiger partial charge on any atom is -0.351 e. The molecule has 0 fully saturated rings. The average Bonchev–Trinajstić information content (AvgIpc) is 2.87. The van der Waals surface area contributed by atoms with E-state index in [1.807, 2.05) is 25.5 Å². The van der Waals surface area contributed by atoms with Crippen LogP contribution in [0.3, 0.4) is 0 Å². The number of nitrogens with one attached hydrogen (secondary N) is 1. The molecular formula is C18H23FN4O2S. The van der Waals surface area contributed by atoms with Gasteiger partial charge in [0.05, 0.1) is 0 Å². The molecule has 0 atom stereocenters. The van der Waals surface area contributed by atoms with E-state index < -0.39 is 5.54 Å². The molecule has 2 rings (SSSR count). The molecule has 0 bridgehead atoms.